The molecule has 10 heteroatoms. The highest BCUT2D eigenvalue weighted by Gasteiger charge is 2.21. The molecule has 0 radical (unpaired) electrons. The summed E-state index contributed by atoms with van der Waals surface area (Å²) in [7, 11) is 1.56. The highest BCUT2D eigenvalue weighted by molar-refractivity contribution is 14.1. The number of alkyl halides is 1. The zero-order chi connectivity index (χ0) is 23.8. The molecular formula is C23H25FIN5O3. The Bertz CT molecular complexity index is 1130. The van der Waals surface area contributed by atoms with Crippen molar-refractivity contribution in [3.63, 3.8) is 0 Å². The number of nitrogens with one attached hydrogen (secondary N) is 2. The van der Waals surface area contributed by atoms with Crippen LogP contribution < -0.4 is 16.4 Å². The molecule has 2 aromatic carbocycles. The first-order chi connectivity index (χ1) is 15.9. The number of carbonyl (C=O) groups is 2. The van der Waals surface area contributed by atoms with Gasteiger partial charge in [0.15, 0.2) is 0 Å². The molecule has 0 saturated heterocycles. The second-order valence-electron chi connectivity index (χ2n) is 7.31. The largest absolute Gasteiger partial charge is 0.447 e. The summed E-state index contributed by atoms with van der Waals surface area (Å²) in [5.74, 6) is 0.0555. The molecule has 174 valence electrons. The van der Waals surface area contributed by atoms with E-state index in [-0.39, 0.29) is 25.5 Å². The van der Waals surface area contributed by atoms with E-state index < -0.39 is 18.2 Å². The lowest BCUT2D eigenvalue weighted by Gasteiger charge is -2.27. The fraction of sp³-hybridized carbons (Fsp3) is 0.261. The molecule has 0 aliphatic rings. The van der Waals surface area contributed by atoms with Crippen molar-refractivity contribution in [3.05, 3.63) is 71.7 Å². The standard InChI is InChI=1S/C23H25FIN5O3/c1-30(22(31)28-13-17-7-4-8-20(24)19(17)10-25)18(11-26)14-33-23(32)29-21-9-15-5-2-3-6-16(15)12-27-21/h2-9,12,18H,10-11,13-14,26H2,1H3,(H,28,31)(H,27,29,32)/t18-/m0/s1. The number of carbonyl (C=O) groups excluding carboxylic acids is 2. The Morgan fingerprint density at radius 3 is 2.70 bits per heavy atom. The second kappa shape index (κ2) is 11.8. The van der Waals surface area contributed by atoms with Crippen LogP contribution >= 0.6 is 22.6 Å². The lowest BCUT2D eigenvalue weighted by molar-refractivity contribution is 0.119. The number of pyridine rings is 1. The van der Waals surface area contributed by atoms with Crippen molar-refractivity contribution >= 4 is 51.3 Å². The summed E-state index contributed by atoms with van der Waals surface area (Å²) in [6.45, 7) is 0.161. The van der Waals surface area contributed by atoms with E-state index in [0.717, 1.165) is 10.8 Å². The van der Waals surface area contributed by atoms with Crippen LogP contribution in [0.5, 0.6) is 0 Å². The number of likely N-dealkylation sites (N-methyl/N-ethyl adjacent to an activating group) is 1. The maximum atomic E-state index is 13.9. The fourth-order valence-corrected chi connectivity index (χ4v) is 4.04. The van der Waals surface area contributed by atoms with Crippen molar-refractivity contribution < 1.29 is 18.7 Å². The van der Waals surface area contributed by atoms with E-state index in [4.69, 9.17) is 10.5 Å². The monoisotopic (exact) mass is 565 g/mol. The van der Waals surface area contributed by atoms with Crippen molar-refractivity contribution in [2.75, 3.05) is 25.5 Å². The van der Waals surface area contributed by atoms with Crippen LogP contribution in [0.4, 0.5) is 19.8 Å². The lowest BCUT2D eigenvalue weighted by atomic mass is 10.1. The minimum atomic E-state index is -0.698. The summed E-state index contributed by atoms with van der Waals surface area (Å²) in [4.78, 5) is 30.3. The highest BCUT2D eigenvalue weighted by Crippen LogP contribution is 2.18. The van der Waals surface area contributed by atoms with Crippen LogP contribution in [-0.4, -0.2) is 48.2 Å². The van der Waals surface area contributed by atoms with Gasteiger partial charge in [-0.15, -0.1) is 0 Å². The quantitative estimate of drug-likeness (QED) is 0.283. The molecule has 0 aliphatic carbocycles. The Balaban J connectivity index is 1.52. The number of benzene rings is 2. The van der Waals surface area contributed by atoms with Crippen molar-refractivity contribution in [2.24, 2.45) is 5.73 Å². The topological polar surface area (TPSA) is 110 Å². The summed E-state index contributed by atoms with van der Waals surface area (Å²) >= 11 is 2.08. The van der Waals surface area contributed by atoms with Gasteiger partial charge in [-0.05, 0) is 23.1 Å². The van der Waals surface area contributed by atoms with Crippen LogP contribution in [0.1, 0.15) is 11.1 Å². The predicted molar refractivity (Wildman–Crippen MR) is 134 cm³/mol. The molecule has 0 saturated carbocycles. The number of hydrogen-bond donors (Lipinski definition) is 3. The van der Waals surface area contributed by atoms with Crippen molar-refractivity contribution in [1.82, 2.24) is 15.2 Å². The molecule has 3 amide bonds. The molecular weight excluding hydrogens is 540 g/mol. The van der Waals surface area contributed by atoms with E-state index >= 15 is 0 Å². The summed E-state index contributed by atoms with van der Waals surface area (Å²) in [5, 5.41) is 7.22. The van der Waals surface area contributed by atoms with Gasteiger partial charge in [-0.1, -0.05) is 59.0 Å². The van der Waals surface area contributed by atoms with Gasteiger partial charge in [-0.3, -0.25) is 5.32 Å². The number of amides is 3. The van der Waals surface area contributed by atoms with Crippen LogP contribution in [0.3, 0.4) is 0 Å². The molecule has 1 aromatic heterocycles. The number of anilines is 1. The molecule has 1 heterocycles. The SMILES string of the molecule is CN(C(=O)NCc1cccc(F)c1CI)[C@@H](CN)COC(=O)Nc1cc2ccccc2cn1. The van der Waals surface area contributed by atoms with Gasteiger partial charge in [-0.2, -0.15) is 0 Å². The number of fused-ring (bicyclic) bond motifs is 1. The zero-order valence-corrected chi connectivity index (χ0v) is 20.2. The van der Waals surface area contributed by atoms with Crippen LogP contribution in [0.2, 0.25) is 0 Å². The normalized spacial score (nSPS) is 11.6. The average molecular weight is 565 g/mol. The second-order valence-corrected chi connectivity index (χ2v) is 8.07. The number of halogens is 2. The molecule has 3 aromatic rings. The van der Waals surface area contributed by atoms with Crippen molar-refractivity contribution in [2.45, 2.75) is 17.0 Å². The molecule has 3 rings (SSSR count). The van der Waals surface area contributed by atoms with Crippen molar-refractivity contribution in [1.29, 1.82) is 0 Å². The van der Waals surface area contributed by atoms with Gasteiger partial charge in [0.1, 0.15) is 18.2 Å². The number of nitrogens with zero attached hydrogens (tertiary/aromatic N) is 2. The van der Waals surface area contributed by atoms with Gasteiger partial charge >= 0.3 is 12.1 Å². The Morgan fingerprint density at radius 1 is 1.21 bits per heavy atom. The molecule has 1 atom stereocenters. The molecule has 0 bridgehead atoms. The Morgan fingerprint density at radius 2 is 1.97 bits per heavy atom. The van der Waals surface area contributed by atoms with E-state index in [0.29, 0.717) is 21.4 Å². The number of nitrogens with two attached hydrogens (primary N) is 1. The highest BCUT2D eigenvalue weighted by atomic mass is 127. The fourth-order valence-electron chi connectivity index (χ4n) is 3.18. The van der Waals surface area contributed by atoms with E-state index in [9.17, 15) is 14.0 Å². The van der Waals surface area contributed by atoms with Crippen LogP contribution in [0, 0.1) is 5.82 Å². The number of ether oxygens (including phenoxy) is 1. The lowest BCUT2D eigenvalue weighted by Crippen LogP contribution is -2.49. The third kappa shape index (κ3) is 6.51. The van der Waals surface area contributed by atoms with E-state index in [1.807, 2.05) is 24.3 Å². The van der Waals surface area contributed by atoms with Crippen LogP contribution in [-0.2, 0) is 15.7 Å². The van der Waals surface area contributed by atoms with Crippen LogP contribution in [0.25, 0.3) is 10.8 Å². The number of urea groups is 1. The smallest absolute Gasteiger partial charge is 0.412 e. The number of hydrogen-bond acceptors (Lipinski definition) is 5. The summed E-state index contributed by atoms with van der Waals surface area (Å²) in [5.41, 5.74) is 7.05. The van der Waals surface area contributed by atoms with Crippen molar-refractivity contribution in [3.8, 4) is 0 Å². The third-order valence-corrected chi connectivity index (χ3v) is 5.95. The van der Waals surface area contributed by atoms with E-state index in [1.165, 1.54) is 11.0 Å². The first kappa shape index (κ1) is 24.6. The molecule has 8 nitrogen and oxygen atoms in total. The first-order valence-electron chi connectivity index (χ1n) is 10.2. The molecule has 0 fully saturated rings. The number of aromatic nitrogens is 1. The Kier molecular flexibility index (Phi) is 8.78. The minimum absolute atomic E-state index is 0.0877. The maximum Gasteiger partial charge on any atom is 0.412 e. The molecule has 4 N–H and O–H groups in total. The van der Waals surface area contributed by atoms with E-state index in [1.54, 1.807) is 31.4 Å². The van der Waals surface area contributed by atoms with Gasteiger partial charge < -0.3 is 20.7 Å². The summed E-state index contributed by atoms with van der Waals surface area (Å²) in [6, 6.07) is 13.2. The van der Waals surface area contributed by atoms with Gasteiger partial charge in [0, 0.05) is 41.7 Å². The summed E-state index contributed by atoms with van der Waals surface area (Å²) in [6.07, 6.45) is 0.963. The van der Waals surface area contributed by atoms with Gasteiger partial charge in [-0.25, -0.2) is 19.0 Å². The molecule has 33 heavy (non-hydrogen) atoms. The van der Waals surface area contributed by atoms with Gasteiger partial charge in [0.2, 0.25) is 0 Å². The van der Waals surface area contributed by atoms with Crippen LogP contribution in [0.15, 0.2) is 54.7 Å². The van der Waals surface area contributed by atoms with E-state index in [2.05, 4.69) is 38.2 Å². The minimum Gasteiger partial charge on any atom is -0.447 e. The molecule has 0 spiro atoms. The third-order valence-electron chi connectivity index (χ3n) is 5.19. The summed E-state index contributed by atoms with van der Waals surface area (Å²) < 4.78 is 19.7. The predicted octanol–water partition coefficient (Wildman–Crippen LogP) is 4.03. The Labute approximate surface area is 204 Å². The molecule has 0 unspecified atom stereocenters. The maximum absolute atomic E-state index is 13.9. The Hall–Kier alpha value is -2.99. The van der Waals surface area contributed by atoms with Gasteiger partial charge in [0.05, 0.1) is 6.04 Å². The molecule has 0 aliphatic heterocycles. The van der Waals surface area contributed by atoms with Gasteiger partial charge in [0.25, 0.3) is 0 Å². The first-order valence-corrected chi connectivity index (χ1v) is 11.8. The number of rotatable bonds is 8. The average Bonchev–Trinajstić information content (AvgIpc) is 2.82. The zero-order valence-electron chi connectivity index (χ0n) is 18.1.